The third-order valence-corrected chi connectivity index (χ3v) is 6.03. The average molecular weight is 397 g/mol. The minimum absolute atomic E-state index is 0.00528. The van der Waals surface area contributed by atoms with Gasteiger partial charge >= 0.3 is 12.1 Å². The molecule has 0 aromatic rings. The predicted octanol–water partition coefficient (Wildman–Crippen LogP) is 1.66. The van der Waals surface area contributed by atoms with Gasteiger partial charge in [0.05, 0.1) is 26.4 Å². The highest BCUT2D eigenvalue weighted by Crippen LogP contribution is 2.45. The molecule has 28 heavy (non-hydrogen) atoms. The largest absolute Gasteiger partial charge is 0.378 e. The maximum absolute atomic E-state index is 12.6. The molecule has 0 radical (unpaired) electrons. The van der Waals surface area contributed by atoms with Crippen LogP contribution in [0.4, 0.5) is 9.59 Å². The van der Waals surface area contributed by atoms with Gasteiger partial charge in [0.15, 0.2) is 0 Å². The van der Waals surface area contributed by atoms with Crippen LogP contribution in [0.2, 0.25) is 0 Å². The average Bonchev–Trinajstić information content (AvgIpc) is 2.66. The Hall–Kier alpha value is -1.54. The van der Waals surface area contributed by atoms with Gasteiger partial charge in [0.1, 0.15) is 0 Å². The van der Waals surface area contributed by atoms with Crippen LogP contribution in [-0.2, 0) is 9.47 Å². The predicted molar refractivity (Wildman–Crippen MR) is 106 cm³/mol. The summed E-state index contributed by atoms with van der Waals surface area (Å²) in [6.45, 7) is 12.4. The van der Waals surface area contributed by atoms with Gasteiger partial charge in [-0.3, -0.25) is 0 Å². The van der Waals surface area contributed by atoms with E-state index >= 15 is 0 Å². The Kier molecular flexibility index (Phi) is 6.70. The summed E-state index contributed by atoms with van der Waals surface area (Å²) >= 11 is 0. The molecule has 4 amide bonds. The van der Waals surface area contributed by atoms with Crippen molar-refractivity contribution in [3.8, 4) is 0 Å². The molecule has 8 nitrogen and oxygen atoms in total. The fraction of sp³-hybridized carbons (Fsp3) is 0.900. The van der Waals surface area contributed by atoms with E-state index in [1.807, 2.05) is 9.80 Å². The number of nitrogens with one attached hydrogen (secondary N) is 2. The van der Waals surface area contributed by atoms with E-state index in [-0.39, 0.29) is 28.9 Å². The summed E-state index contributed by atoms with van der Waals surface area (Å²) in [5.74, 6) is 0. The molecule has 0 aromatic carbocycles. The molecule has 2 N–H and O–H groups in total. The lowest BCUT2D eigenvalue weighted by Gasteiger charge is -2.47. The molecule has 2 aliphatic heterocycles. The number of amides is 4. The zero-order valence-corrected chi connectivity index (χ0v) is 17.6. The highest BCUT2D eigenvalue weighted by Gasteiger charge is 2.42. The van der Waals surface area contributed by atoms with Gasteiger partial charge in [-0.05, 0) is 30.1 Å². The standard InChI is InChI=1S/C20H36N4O4/c1-19(2)12-16(22-18(26)24-6-10-28-11-7-24)13-20(3,14-19)15-21-17(25)23-4-8-27-9-5-23/h16H,4-15H2,1-3H3,(H,21,25)(H,22,26)/t16-,20-/m0/s1. The number of nitrogens with zero attached hydrogens (tertiary/aromatic N) is 2. The van der Waals surface area contributed by atoms with Crippen LogP contribution >= 0.6 is 0 Å². The highest BCUT2D eigenvalue weighted by molar-refractivity contribution is 5.75. The van der Waals surface area contributed by atoms with E-state index in [1.54, 1.807) is 0 Å². The number of hydrogen-bond acceptors (Lipinski definition) is 4. The lowest BCUT2D eigenvalue weighted by Crippen LogP contribution is -2.55. The summed E-state index contributed by atoms with van der Waals surface area (Å²) in [6.07, 6.45) is 2.85. The zero-order chi connectivity index (χ0) is 20.2. The third kappa shape index (κ3) is 5.73. The molecule has 1 saturated carbocycles. The van der Waals surface area contributed by atoms with E-state index < -0.39 is 0 Å². The first-order valence-electron chi connectivity index (χ1n) is 10.5. The number of carbonyl (C=O) groups is 2. The van der Waals surface area contributed by atoms with Crippen LogP contribution in [0.1, 0.15) is 40.0 Å². The van der Waals surface area contributed by atoms with Crippen LogP contribution in [0.15, 0.2) is 0 Å². The maximum Gasteiger partial charge on any atom is 0.317 e. The van der Waals surface area contributed by atoms with E-state index in [9.17, 15) is 9.59 Å². The van der Waals surface area contributed by atoms with Crippen molar-refractivity contribution < 1.29 is 19.1 Å². The number of urea groups is 2. The first-order valence-corrected chi connectivity index (χ1v) is 10.5. The zero-order valence-electron chi connectivity index (χ0n) is 17.6. The van der Waals surface area contributed by atoms with E-state index in [1.165, 1.54) is 0 Å². The van der Waals surface area contributed by atoms with Crippen LogP contribution in [0.5, 0.6) is 0 Å². The molecule has 160 valence electrons. The van der Waals surface area contributed by atoms with Gasteiger partial charge < -0.3 is 29.9 Å². The molecule has 8 heteroatoms. The van der Waals surface area contributed by atoms with Crippen LogP contribution in [0, 0.1) is 10.8 Å². The SMILES string of the molecule is CC1(C)C[C@H](NC(=O)N2CCOCC2)C[C@](C)(CNC(=O)N2CCOCC2)C1. The minimum Gasteiger partial charge on any atom is -0.378 e. The molecule has 0 unspecified atom stereocenters. The fourth-order valence-corrected chi connectivity index (χ4v) is 5.07. The number of carbonyl (C=O) groups excluding carboxylic acids is 2. The van der Waals surface area contributed by atoms with Crippen molar-refractivity contribution in [2.45, 2.75) is 46.1 Å². The quantitative estimate of drug-likeness (QED) is 0.760. The van der Waals surface area contributed by atoms with E-state index in [4.69, 9.17) is 9.47 Å². The van der Waals surface area contributed by atoms with E-state index in [0.29, 0.717) is 59.2 Å². The second-order valence-electron chi connectivity index (χ2n) is 9.56. The second-order valence-corrected chi connectivity index (χ2v) is 9.56. The van der Waals surface area contributed by atoms with Crippen LogP contribution in [0.25, 0.3) is 0 Å². The first kappa shape index (κ1) is 21.2. The van der Waals surface area contributed by atoms with E-state index in [2.05, 4.69) is 31.4 Å². The molecule has 3 aliphatic rings. The van der Waals surface area contributed by atoms with Crippen LogP contribution < -0.4 is 10.6 Å². The Balaban J connectivity index is 1.55. The molecule has 2 heterocycles. The molecule has 3 rings (SSSR count). The molecule has 3 fully saturated rings. The summed E-state index contributed by atoms with van der Waals surface area (Å²) in [5.41, 5.74) is 0.0618. The lowest BCUT2D eigenvalue weighted by molar-refractivity contribution is 0.0422. The molecular weight excluding hydrogens is 360 g/mol. The molecule has 0 aromatic heterocycles. The van der Waals surface area contributed by atoms with Crippen molar-refractivity contribution in [3.05, 3.63) is 0 Å². The molecule has 2 atom stereocenters. The van der Waals surface area contributed by atoms with Crippen molar-refractivity contribution in [1.29, 1.82) is 0 Å². The molecule has 2 saturated heterocycles. The number of morpholine rings is 2. The summed E-state index contributed by atoms with van der Waals surface area (Å²) in [7, 11) is 0. The number of hydrogen-bond donors (Lipinski definition) is 2. The monoisotopic (exact) mass is 396 g/mol. The van der Waals surface area contributed by atoms with Crippen molar-refractivity contribution in [2.75, 3.05) is 59.2 Å². The van der Waals surface area contributed by atoms with Gasteiger partial charge in [-0.2, -0.15) is 0 Å². The van der Waals surface area contributed by atoms with Crippen LogP contribution in [0.3, 0.4) is 0 Å². The van der Waals surface area contributed by atoms with Gasteiger partial charge in [-0.25, -0.2) is 9.59 Å². The molecule has 1 aliphatic carbocycles. The Morgan fingerprint density at radius 2 is 1.43 bits per heavy atom. The molecule has 0 spiro atoms. The Morgan fingerprint density at radius 3 is 2.00 bits per heavy atom. The van der Waals surface area contributed by atoms with Crippen molar-refractivity contribution in [2.24, 2.45) is 10.8 Å². The Labute approximate surface area is 168 Å². The first-order chi connectivity index (χ1) is 13.3. The summed E-state index contributed by atoms with van der Waals surface area (Å²) in [6, 6.07) is 0.108. The maximum atomic E-state index is 12.6. The topological polar surface area (TPSA) is 83.1 Å². The van der Waals surface area contributed by atoms with Gasteiger partial charge in [0.25, 0.3) is 0 Å². The van der Waals surface area contributed by atoms with Crippen LogP contribution in [-0.4, -0.2) is 87.1 Å². The van der Waals surface area contributed by atoms with Gasteiger partial charge in [0, 0.05) is 38.8 Å². The molecule has 0 bridgehead atoms. The second kappa shape index (κ2) is 8.86. The van der Waals surface area contributed by atoms with Gasteiger partial charge in [0.2, 0.25) is 0 Å². The van der Waals surface area contributed by atoms with E-state index in [0.717, 1.165) is 19.3 Å². The highest BCUT2D eigenvalue weighted by atomic mass is 16.5. The summed E-state index contributed by atoms with van der Waals surface area (Å²) < 4.78 is 10.7. The Morgan fingerprint density at radius 1 is 0.893 bits per heavy atom. The molecular formula is C20H36N4O4. The summed E-state index contributed by atoms with van der Waals surface area (Å²) in [5, 5.41) is 6.37. The lowest BCUT2D eigenvalue weighted by atomic mass is 9.62. The minimum atomic E-state index is -0.0490. The van der Waals surface area contributed by atoms with Crippen molar-refractivity contribution in [1.82, 2.24) is 20.4 Å². The normalized spacial score (nSPS) is 30.6. The van der Waals surface area contributed by atoms with Gasteiger partial charge in [-0.15, -0.1) is 0 Å². The number of ether oxygens (including phenoxy) is 2. The summed E-state index contributed by atoms with van der Waals surface area (Å²) in [4.78, 5) is 28.8. The Bertz CT molecular complexity index is 558. The van der Waals surface area contributed by atoms with Crippen molar-refractivity contribution >= 4 is 12.1 Å². The number of rotatable bonds is 3. The third-order valence-electron chi connectivity index (χ3n) is 6.03. The smallest absolute Gasteiger partial charge is 0.317 e. The fourth-order valence-electron chi connectivity index (χ4n) is 5.07. The van der Waals surface area contributed by atoms with Gasteiger partial charge in [-0.1, -0.05) is 20.8 Å². The van der Waals surface area contributed by atoms with Crippen molar-refractivity contribution in [3.63, 3.8) is 0 Å².